The first kappa shape index (κ1) is 14.3. The van der Waals surface area contributed by atoms with E-state index in [1.165, 1.54) is 0 Å². The summed E-state index contributed by atoms with van der Waals surface area (Å²) in [6.07, 6.45) is 3.46. The summed E-state index contributed by atoms with van der Waals surface area (Å²) in [6, 6.07) is 9.79. The van der Waals surface area contributed by atoms with Gasteiger partial charge in [-0.2, -0.15) is 0 Å². The highest BCUT2D eigenvalue weighted by atomic mass is 32.1. The van der Waals surface area contributed by atoms with E-state index in [2.05, 4.69) is 16.0 Å². The zero-order valence-corrected chi connectivity index (χ0v) is 12.4. The lowest BCUT2D eigenvalue weighted by molar-refractivity contribution is 0.414. The van der Waals surface area contributed by atoms with Crippen LogP contribution < -0.4 is 15.4 Å². The van der Waals surface area contributed by atoms with Gasteiger partial charge in [0.15, 0.2) is 0 Å². The fourth-order valence-corrected chi connectivity index (χ4v) is 2.20. The quantitative estimate of drug-likeness (QED) is 0.856. The second kappa shape index (κ2) is 6.34. The molecule has 0 bridgehead atoms. The highest BCUT2D eigenvalue weighted by Crippen LogP contribution is 2.21. The van der Waals surface area contributed by atoms with Crippen LogP contribution >= 0.6 is 12.2 Å². The Bertz CT molecular complexity index is 616. The first-order valence-electron chi connectivity index (χ1n) is 6.19. The third-order valence-electron chi connectivity index (χ3n) is 3.03. The molecule has 0 amide bonds. The molecule has 1 aromatic heterocycles. The number of ether oxygens (including phenoxy) is 1. The van der Waals surface area contributed by atoms with Crippen molar-refractivity contribution in [1.82, 2.24) is 4.98 Å². The van der Waals surface area contributed by atoms with Crippen LogP contribution in [0.25, 0.3) is 0 Å². The summed E-state index contributed by atoms with van der Waals surface area (Å²) in [5.74, 6) is 0.844. The van der Waals surface area contributed by atoms with Crippen LogP contribution in [0.15, 0.2) is 42.7 Å². The van der Waals surface area contributed by atoms with E-state index in [4.69, 9.17) is 22.7 Å². The van der Waals surface area contributed by atoms with Gasteiger partial charge in [0.05, 0.1) is 19.0 Å². The molecule has 5 heteroatoms. The Morgan fingerprint density at radius 2 is 2.20 bits per heavy atom. The Balaban J connectivity index is 2.23. The van der Waals surface area contributed by atoms with Crippen molar-refractivity contribution < 1.29 is 4.74 Å². The summed E-state index contributed by atoms with van der Waals surface area (Å²) < 4.78 is 5.23. The van der Waals surface area contributed by atoms with Crippen LogP contribution in [0.2, 0.25) is 0 Å². The zero-order valence-electron chi connectivity index (χ0n) is 11.5. The molecule has 0 aliphatic heterocycles. The van der Waals surface area contributed by atoms with Gasteiger partial charge in [-0.1, -0.05) is 24.4 Å². The van der Waals surface area contributed by atoms with Crippen molar-refractivity contribution in [3.05, 3.63) is 53.9 Å². The molecule has 1 heterocycles. The first-order chi connectivity index (χ1) is 9.61. The maximum Gasteiger partial charge on any atom is 0.119 e. The number of anilines is 1. The summed E-state index contributed by atoms with van der Waals surface area (Å²) in [5, 5.41) is 0. The number of methoxy groups -OCH3 is 1. The maximum atomic E-state index is 5.75. The molecule has 4 nitrogen and oxygen atoms in total. The number of aromatic nitrogens is 1. The molecule has 2 rings (SSSR count). The van der Waals surface area contributed by atoms with Crippen molar-refractivity contribution in [2.24, 2.45) is 5.73 Å². The first-order valence-corrected chi connectivity index (χ1v) is 6.60. The van der Waals surface area contributed by atoms with Crippen LogP contribution in [0.4, 0.5) is 5.69 Å². The molecule has 2 N–H and O–H groups in total. The van der Waals surface area contributed by atoms with Gasteiger partial charge >= 0.3 is 0 Å². The van der Waals surface area contributed by atoms with Crippen LogP contribution in [0.1, 0.15) is 11.1 Å². The van der Waals surface area contributed by atoms with Gasteiger partial charge in [0.1, 0.15) is 10.7 Å². The molecule has 2 aromatic rings. The number of nitrogens with zero attached hydrogens (tertiary/aromatic N) is 2. The van der Waals surface area contributed by atoms with E-state index in [0.717, 1.165) is 29.1 Å². The topological polar surface area (TPSA) is 51.4 Å². The van der Waals surface area contributed by atoms with Crippen molar-refractivity contribution in [1.29, 1.82) is 0 Å². The van der Waals surface area contributed by atoms with Crippen molar-refractivity contribution >= 4 is 22.9 Å². The van der Waals surface area contributed by atoms with Crippen LogP contribution in [-0.2, 0) is 6.54 Å². The van der Waals surface area contributed by atoms with E-state index in [0.29, 0.717) is 4.99 Å². The number of hydrogen-bond acceptors (Lipinski definition) is 4. The minimum Gasteiger partial charge on any atom is -0.497 e. The molecule has 0 unspecified atom stereocenters. The Kier molecular flexibility index (Phi) is 4.53. The van der Waals surface area contributed by atoms with Crippen molar-refractivity contribution in [2.45, 2.75) is 6.54 Å². The van der Waals surface area contributed by atoms with E-state index in [-0.39, 0.29) is 0 Å². The molecular formula is C15H17N3OS. The second-order valence-electron chi connectivity index (χ2n) is 4.46. The molecule has 0 aliphatic carbocycles. The Hall–Kier alpha value is -2.14. The van der Waals surface area contributed by atoms with E-state index in [1.54, 1.807) is 19.5 Å². The molecule has 104 valence electrons. The molecule has 0 spiro atoms. The molecule has 0 aliphatic rings. The second-order valence-corrected chi connectivity index (χ2v) is 4.90. The molecule has 1 aromatic carbocycles. The van der Waals surface area contributed by atoms with E-state index < -0.39 is 0 Å². The molecule has 0 atom stereocenters. The fourth-order valence-electron chi connectivity index (χ4n) is 2.03. The van der Waals surface area contributed by atoms with Gasteiger partial charge in [-0.25, -0.2) is 0 Å². The van der Waals surface area contributed by atoms with E-state index in [9.17, 15) is 0 Å². The van der Waals surface area contributed by atoms with Gasteiger partial charge in [0.25, 0.3) is 0 Å². The third kappa shape index (κ3) is 3.24. The minimum absolute atomic E-state index is 0.375. The van der Waals surface area contributed by atoms with E-state index in [1.807, 2.05) is 31.3 Å². The third-order valence-corrected chi connectivity index (χ3v) is 3.25. The van der Waals surface area contributed by atoms with Crippen molar-refractivity contribution in [3.63, 3.8) is 0 Å². The predicted molar refractivity (Wildman–Crippen MR) is 85.2 cm³/mol. The monoisotopic (exact) mass is 287 g/mol. The van der Waals surface area contributed by atoms with E-state index >= 15 is 0 Å². The highest BCUT2D eigenvalue weighted by Gasteiger charge is 2.10. The summed E-state index contributed by atoms with van der Waals surface area (Å²) in [4.78, 5) is 6.58. The molecule has 0 radical (unpaired) electrons. The summed E-state index contributed by atoms with van der Waals surface area (Å²) in [7, 11) is 3.65. The number of pyridine rings is 1. The molecule has 0 saturated heterocycles. The minimum atomic E-state index is 0.375. The SMILES string of the molecule is COc1cccc(CN(C)c2cnccc2C(N)=S)c1. The molecule has 0 saturated carbocycles. The largest absolute Gasteiger partial charge is 0.497 e. The highest BCUT2D eigenvalue weighted by molar-refractivity contribution is 7.80. The standard InChI is InChI=1S/C15H17N3OS/c1-18(10-11-4-3-5-12(8-11)19-2)14-9-17-7-6-13(14)15(16)20/h3-9H,10H2,1-2H3,(H2,16,20). The fraction of sp³-hybridized carbons (Fsp3) is 0.200. The predicted octanol–water partition coefficient (Wildman–Crippen LogP) is 2.36. The summed E-state index contributed by atoms with van der Waals surface area (Å²) in [5.41, 5.74) is 8.64. The number of nitrogens with two attached hydrogens (primary N) is 1. The lowest BCUT2D eigenvalue weighted by Crippen LogP contribution is -2.21. The average Bonchev–Trinajstić information content (AvgIpc) is 2.47. The molecule has 0 fully saturated rings. The van der Waals surface area contributed by atoms with Gasteiger partial charge in [0, 0.05) is 25.4 Å². The van der Waals surface area contributed by atoms with Crippen LogP contribution in [0, 0.1) is 0 Å². The number of rotatable bonds is 5. The Morgan fingerprint density at radius 3 is 2.90 bits per heavy atom. The average molecular weight is 287 g/mol. The van der Waals surface area contributed by atoms with Gasteiger partial charge in [-0.3, -0.25) is 4.98 Å². The molecular weight excluding hydrogens is 270 g/mol. The maximum absolute atomic E-state index is 5.75. The van der Waals surface area contributed by atoms with Crippen LogP contribution in [0.5, 0.6) is 5.75 Å². The summed E-state index contributed by atoms with van der Waals surface area (Å²) >= 11 is 5.08. The van der Waals surface area contributed by atoms with Crippen molar-refractivity contribution in [3.8, 4) is 5.75 Å². The normalized spacial score (nSPS) is 10.1. The van der Waals surface area contributed by atoms with Gasteiger partial charge < -0.3 is 15.4 Å². The van der Waals surface area contributed by atoms with Gasteiger partial charge in [-0.05, 0) is 23.8 Å². The van der Waals surface area contributed by atoms with Crippen LogP contribution in [-0.4, -0.2) is 24.1 Å². The van der Waals surface area contributed by atoms with Gasteiger partial charge in [-0.15, -0.1) is 0 Å². The number of hydrogen-bond donors (Lipinski definition) is 1. The Labute approximate surface area is 124 Å². The number of thiocarbonyl (C=S) groups is 1. The van der Waals surface area contributed by atoms with Gasteiger partial charge in [0.2, 0.25) is 0 Å². The van der Waals surface area contributed by atoms with Crippen molar-refractivity contribution in [2.75, 3.05) is 19.1 Å². The summed E-state index contributed by atoms with van der Waals surface area (Å²) in [6.45, 7) is 0.721. The smallest absolute Gasteiger partial charge is 0.119 e. The lowest BCUT2D eigenvalue weighted by atomic mass is 10.1. The number of benzene rings is 1. The lowest BCUT2D eigenvalue weighted by Gasteiger charge is -2.21. The zero-order chi connectivity index (χ0) is 14.5. The molecule has 20 heavy (non-hydrogen) atoms. The van der Waals surface area contributed by atoms with Crippen LogP contribution in [0.3, 0.4) is 0 Å². The Morgan fingerprint density at radius 1 is 1.40 bits per heavy atom.